The molecule has 0 saturated heterocycles. The van der Waals surface area contributed by atoms with Crippen molar-refractivity contribution in [2.24, 2.45) is 23.2 Å². The van der Waals surface area contributed by atoms with Crippen molar-refractivity contribution in [2.45, 2.75) is 51.2 Å². The molecule has 0 spiro atoms. The Labute approximate surface area is 130 Å². The first-order valence-corrected chi connectivity index (χ1v) is 8.91. The number of nitrogens with zero attached hydrogens (tertiary/aromatic N) is 2. The van der Waals surface area contributed by atoms with Crippen molar-refractivity contribution in [3.8, 4) is 6.01 Å². The molecule has 4 saturated carbocycles. The van der Waals surface area contributed by atoms with Crippen LogP contribution in [-0.4, -0.2) is 15.7 Å². The van der Waals surface area contributed by atoms with E-state index in [0.29, 0.717) is 11.5 Å². The van der Waals surface area contributed by atoms with E-state index in [2.05, 4.69) is 28.8 Å². The van der Waals surface area contributed by atoms with Gasteiger partial charge in [-0.25, -0.2) is 0 Å². The number of rotatable bonds is 1. The standard InChI is InChI=1S/C19H22N2O/c1-2-4-16-15(3-1)20-18-21(16)11-17(22-18)19-8-12-5-13(9-19)7-14(6-12)10-19/h1-4,12-14,17H,5-11H2. The van der Waals surface area contributed by atoms with Crippen LogP contribution in [0.4, 0.5) is 0 Å². The number of hydrogen-bond acceptors (Lipinski definition) is 2. The molecule has 3 heteroatoms. The SMILES string of the molecule is c1ccc2c(c1)nc1n2CC(C23CC4CC(CC(C4)C2)C3)O1. The molecule has 0 radical (unpaired) electrons. The molecule has 5 aliphatic rings. The van der Waals surface area contributed by atoms with Crippen LogP contribution in [0.5, 0.6) is 6.01 Å². The van der Waals surface area contributed by atoms with Gasteiger partial charge in [0.15, 0.2) is 0 Å². The molecule has 1 aliphatic heterocycles. The third-order valence-electron chi connectivity index (χ3n) is 6.98. The van der Waals surface area contributed by atoms with E-state index in [-0.39, 0.29) is 0 Å². The van der Waals surface area contributed by atoms with Gasteiger partial charge in [0, 0.05) is 5.41 Å². The van der Waals surface area contributed by atoms with Gasteiger partial charge in [-0.05, 0) is 68.4 Å². The first-order chi connectivity index (χ1) is 10.8. The van der Waals surface area contributed by atoms with Crippen molar-refractivity contribution in [3.63, 3.8) is 0 Å². The van der Waals surface area contributed by atoms with Crippen LogP contribution >= 0.6 is 0 Å². The predicted molar refractivity (Wildman–Crippen MR) is 84.8 cm³/mol. The fourth-order valence-electron chi connectivity index (χ4n) is 6.54. The van der Waals surface area contributed by atoms with Gasteiger partial charge in [0.05, 0.1) is 17.6 Å². The molecular weight excluding hydrogens is 272 g/mol. The van der Waals surface area contributed by atoms with E-state index in [0.717, 1.165) is 35.8 Å². The second kappa shape index (κ2) is 3.87. The molecule has 4 aliphatic carbocycles. The smallest absolute Gasteiger partial charge is 0.297 e. The summed E-state index contributed by atoms with van der Waals surface area (Å²) in [6.45, 7) is 1.02. The van der Waals surface area contributed by atoms with Crippen LogP contribution in [0.15, 0.2) is 24.3 Å². The maximum Gasteiger partial charge on any atom is 0.297 e. The lowest BCUT2D eigenvalue weighted by atomic mass is 9.48. The summed E-state index contributed by atoms with van der Waals surface area (Å²) in [6, 6.07) is 9.29. The number of ether oxygens (including phenoxy) is 1. The Balaban J connectivity index is 1.38. The molecule has 4 bridgehead atoms. The molecule has 114 valence electrons. The van der Waals surface area contributed by atoms with Crippen molar-refractivity contribution in [2.75, 3.05) is 0 Å². The normalized spacial score (nSPS) is 41.8. The first-order valence-electron chi connectivity index (χ1n) is 8.91. The van der Waals surface area contributed by atoms with Crippen LogP contribution in [0.2, 0.25) is 0 Å². The van der Waals surface area contributed by atoms with E-state index in [1.54, 1.807) is 0 Å². The number of aromatic nitrogens is 2. The topological polar surface area (TPSA) is 27.1 Å². The Bertz CT molecular complexity index is 727. The van der Waals surface area contributed by atoms with Crippen molar-refractivity contribution in [3.05, 3.63) is 24.3 Å². The average molecular weight is 294 g/mol. The maximum atomic E-state index is 6.43. The Morgan fingerprint density at radius 1 is 1.00 bits per heavy atom. The van der Waals surface area contributed by atoms with Crippen LogP contribution in [0, 0.1) is 23.2 Å². The summed E-state index contributed by atoms with van der Waals surface area (Å²) in [5.41, 5.74) is 2.77. The van der Waals surface area contributed by atoms with E-state index < -0.39 is 0 Å². The summed E-state index contributed by atoms with van der Waals surface area (Å²) < 4.78 is 8.75. The summed E-state index contributed by atoms with van der Waals surface area (Å²) in [4.78, 5) is 4.71. The number of benzene rings is 1. The summed E-state index contributed by atoms with van der Waals surface area (Å²) in [6.07, 6.45) is 9.09. The molecule has 1 atom stereocenters. The van der Waals surface area contributed by atoms with E-state index in [4.69, 9.17) is 9.72 Å². The van der Waals surface area contributed by atoms with Crippen LogP contribution < -0.4 is 4.74 Å². The molecule has 1 unspecified atom stereocenters. The second-order valence-electron chi connectivity index (χ2n) is 8.38. The highest BCUT2D eigenvalue weighted by Crippen LogP contribution is 2.62. The molecule has 1 aromatic carbocycles. The number of imidazole rings is 1. The number of para-hydroxylation sites is 2. The zero-order chi connectivity index (χ0) is 14.3. The van der Waals surface area contributed by atoms with Crippen LogP contribution in [-0.2, 0) is 6.54 Å². The molecule has 22 heavy (non-hydrogen) atoms. The van der Waals surface area contributed by atoms with Gasteiger partial charge in [0.25, 0.3) is 6.01 Å². The van der Waals surface area contributed by atoms with Crippen molar-refractivity contribution in [1.82, 2.24) is 9.55 Å². The summed E-state index contributed by atoms with van der Waals surface area (Å²) >= 11 is 0. The minimum atomic E-state index is 0.369. The molecule has 7 rings (SSSR count). The molecule has 0 N–H and O–H groups in total. The zero-order valence-electron chi connectivity index (χ0n) is 12.9. The van der Waals surface area contributed by atoms with Crippen molar-refractivity contribution >= 4 is 11.0 Å². The number of fused-ring (bicyclic) bond motifs is 3. The molecule has 1 aromatic heterocycles. The van der Waals surface area contributed by atoms with Gasteiger partial charge in [0.1, 0.15) is 6.10 Å². The molecule has 4 fully saturated rings. The van der Waals surface area contributed by atoms with Crippen molar-refractivity contribution < 1.29 is 4.74 Å². The van der Waals surface area contributed by atoms with Gasteiger partial charge in [-0.3, -0.25) is 4.57 Å². The van der Waals surface area contributed by atoms with Gasteiger partial charge >= 0.3 is 0 Å². The third kappa shape index (κ3) is 1.45. The highest BCUT2D eigenvalue weighted by Gasteiger charge is 2.56. The maximum absolute atomic E-state index is 6.43. The van der Waals surface area contributed by atoms with Crippen LogP contribution in [0.25, 0.3) is 11.0 Å². The second-order valence-corrected chi connectivity index (χ2v) is 8.38. The first kappa shape index (κ1) is 12.0. The van der Waals surface area contributed by atoms with Gasteiger partial charge in [-0.1, -0.05) is 12.1 Å². The fourth-order valence-corrected chi connectivity index (χ4v) is 6.54. The minimum Gasteiger partial charge on any atom is -0.459 e. The van der Waals surface area contributed by atoms with Crippen molar-refractivity contribution in [1.29, 1.82) is 0 Å². The summed E-state index contributed by atoms with van der Waals surface area (Å²) in [5.74, 6) is 2.96. The summed E-state index contributed by atoms with van der Waals surface area (Å²) in [5, 5.41) is 0. The van der Waals surface area contributed by atoms with Gasteiger partial charge in [-0.2, -0.15) is 4.98 Å². The number of hydrogen-bond donors (Lipinski definition) is 0. The summed E-state index contributed by atoms with van der Waals surface area (Å²) in [7, 11) is 0. The van der Waals surface area contributed by atoms with E-state index in [1.165, 1.54) is 44.0 Å². The Morgan fingerprint density at radius 3 is 2.41 bits per heavy atom. The zero-order valence-corrected chi connectivity index (χ0v) is 12.9. The molecule has 3 nitrogen and oxygen atoms in total. The molecular formula is C19H22N2O. The quantitative estimate of drug-likeness (QED) is 0.794. The monoisotopic (exact) mass is 294 g/mol. The highest BCUT2D eigenvalue weighted by atomic mass is 16.5. The lowest BCUT2D eigenvalue weighted by Crippen LogP contribution is -2.53. The largest absolute Gasteiger partial charge is 0.459 e. The predicted octanol–water partition coefficient (Wildman–Crippen LogP) is 4.01. The molecule has 2 aromatic rings. The third-order valence-corrected chi connectivity index (χ3v) is 6.98. The average Bonchev–Trinajstić information content (AvgIpc) is 3.03. The lowest BCUT2D eigenvalue weighted by Gasteiger charge is -2.58. The Hall–Kier alpha value is -1.51. The minimum absolute atomic E-state index is 0.369. The van der Waals surface area contributed by atoms with E-state index in [9.17, 15) is 0 Å². The van der Waals surface area contributed by atoms with Gasteiger partial charge in [0.2, 0.25) is 0 Å². The highest BCUT2D eigenvalue weighted by molar-refractivity contribution is 5.76. The van der Waals surface area contributed by atoms with Gasteiger partial charge in [-0.15, -0.1) is 0 Å². The van der Waals surface area contributed by atoms with Crippen LogP contribution in [0.1, 0.15) is 38.5 Å². The Morgan fingerprint density at radius 2 is 1.68 bits per heavy atom. The Kier molecular flexibility index (Phi) is 2.11. The van der Waals surface area contributed by atoms with Crippen LogP contribution in [0.3, 0.4) is 0 Å². The lowest BCUT2D eigenvalue weighted by molar-refractivity contribution is -0.106. The van der Waals surface area contributed by atoms with Gasteiger partial charge < -0.3 is 4.74 Å². The molecule has 2 heterocycles. The van der Waals surface area contributed by atoms with E-state index in [1.807, 2.05) is 0 Å². The van der Waals surface area contributed by atoms with E-state index >= 15 is 0 Å². The molecule has 0 amide bonds. The fraction of sp³-hybridized carbons (Fsp3) is 0.632.